The molecule has 158 valence electrons. The van der Waals surface area contributed by atoms with E-state index in [1.807, 2.05) is 36.3 Å². The molecule has 1 saturated heterocycles. The number of rotatable bonds is 4. The third-order valence-electron chi connectivity index (χ3n) is 4.96. The highest BCUT2D eigenvalue weighted by Gasteiger charge is 2.35. The smallest absolute Gasteiger partial charge is 0.337 e. The monoisotopic (exact) mass is 419 g/mol. The van der Waals surface area contributed by atoms with Crippen LogP contribution < -0.4 is 5.32 Å². The molecule has 0 saturated carbocycles. The number of H-pyrrole nitrogens is 2. The number of pyridine rings is 1. The van der Waals surface area contributed by atoms with E-state index in [-0.39, 0.29) is 11.6 Å². The topological polar surface area (TPSA) is 103 Å². The van der Waals surface area contributed by atoms with E-state index >= 15 is 0 Å². The molecule has 1 fully saturated rings. The van der Waals surface area contributed by atoms with Crippen molar-refractivity contribution in [1.29, 1.82) is 0 Å². The Labute approximate surface area is 169 Å². The number of carbonyl (C=O) groups is 1. The number of likely N-dealkylation sites (tertiary alicyclic amines) is 1. The molecular weight excluding hydrogens is 399 g/mol. The minimum atomic E-state index is -4.57. The lowest BCUT2D eigenvalue weighted by Crippen LogP contribution is -2.39. The van der Waals surface area contributed by atoms with Crippen LogP contribution in [0.1, 0.15) is 46.3 Å². The fraction of sp³-hybridized carbons (Fsp3) is 0.368. The minimum absolute atomic E-state index is 0.0219. The minimum Gasteiger partial charge on any atom is -0.337 e. The van der Waals surface area contributed by atoms with Gasteiger partial charge in [-0.2, -0.15) is 23.4 Å². The summed E-state index contributed by atoms with van der Waals surface area (Å²) in [6.07, 6.45) is -3.01. The maximum atomic E-state index is 12.8. The molecule has 3 N–H and O–H groups in total. The van der Waals surface area contributed by atoms with Crippen molar-refractivity contribution >= 4 is 17.5 Å². The highest BCUT2D eigenvalue weighted by molar-refractivity contribution is 5.92. The molecule has 3 aromatic heterocycles. The van der Waals surface area contributed by atoms with Crippen molar-refractivity contribution < 1.29 is 18.0 Å². The van der Waals surface area contributed by atoms with Crippen molar-refractivity contribution in [2.24, 2.45) is 0 Å². The summed E-state index contributed by atoms with van der Waals surface area (Å²) in [4.78, 5) is 18.8. The van der Waals surface area contributed by atoms with Crippen molar-refractivity contribution in [3.8, 4) is 0 Å². The van der Waals surface area contributed by atoms with Crippen LogP contribution in [0.5, 0.6) is 0 Å². The normalized spacial score (nSPS) is 17.2. The summed E-state index contributed by atoms with van der Waals surface area (Å²) >= 11 is 0. The van der Waals surface area contributed by atoms with Crippen LogP contribution >= 0.6 is 0 Å². The summed E-state index contributed by atoms with van der Waals surface area (Å²) in [7, 11) is 0. The SMILES string of the molecule is Cc1cc(Nc2cccc(C3CCCN(C(=O)c4cc(C(F)(F)F)[nH]n4)C3)n2)n[nH]1. The molecule has 4 heterocycles. The van der Waals surface area contributed by atoms with Gasteiger partial charge >= 0.3 is 6.18 Å². The molecule has 8 nitrogen and oxygen atoms in total. The molecule has 1 atom stereocenters. The van der Waals surface area contributed by atoms with Gasteiger partial charge in [0.2, 0.25) is 0 Å². The Balaban J connectivity index is 1.46. The van der Waals surface area contributed by atoms with E-state index in [1.165, 1.54) is 4.90 Å². The summed E-state index contributed by atoms with van der Waals surface area (Å²) in [6.45, 7) is 2.73. The standard InChI is InChI=1S/C19H20F3N7O/c1-11-8-17(28-25-11)24-16-6-2-5-13(23-16)12-4-3-7-29(10-12)18(30)14-9-15(27-26-14)19(20,21)22/h2,5-6,8-9,12H,3-4,7,10H2,1H3,(H,26,27)(H2,23,24,25,28). The Kier molecular flexibility index (Phi) is 5.18. The molecule has 1 unspecified atom stereocenters. The van der Waals surface area contributed by atoms with E-state index < -0.39 is 17.8 Å². The van der Waals surface area contributed by atoms with Crippen LogP contribution in [0.15, 0.2) is 30.3 Å². The first kappa shape index (κ1) is 19.9. The third kappa shape index (κ3) is 4.29. The zero-order chi connectivity index (χ0) is 21.3. The van der Waals surface area contributed by atoms with E-state index in [9.17, 15) is 18.0 Å². The van der Waals surface area contributed by atoms with Crippen LogP contribution in [0.3, 0.4) is 0 Å². The van der Waals surface area contributed by atoms with Crippen LogP contribution in [0.2, 0.25) is 0 Å². The van der Waals surface area contributed by atoms with Crippen LogP contribution in [0, 0.1) is 6.92 Å². The molecule has 0 aliphatic carbocycles. The van der Waals surface area contributed by atoms with E-state index in [2.05, 4.69) is 25.6 Å². The second kappa shape index (κ2) is 7.81. The first-order chi connectivity index (χ1) is 14.3. The molecule has 0 aromatic carbocycles. The number of nitrogens with one attached hydrogen (secondary N) is 3. The molecule has 30 heavy (non-hydrogen) atoms. The number of carbonyl (C=O) groups excluding carboxylic acids is 1. The van der Waals surface area contributed by atoms with E-state index in [0.717, 1.165) is 30.3 Å². The van der Waals surface area contributed by atoms with Crippen molar-refractivity contribution in [2.45, 2.75) is 31.9 Å². The van der Waals surface area contributed by atoms with Crippen LogP contribution in [-0.2, 0) is 6.18 Å². The number of alkyl halides is 3. The number of nitrogens with zero attached hydrogens (tertiary/aromatic N) is 4. The number of halogens is 3. The van der Waals surface area contributed by atoms with Crippen LogP contribution in [0.4, 0.5) is 24.8 Å². The first-order valence-electron chi connectivity index (χ1n) is 9.47. The molecule has 0 radical (unpaired) electrons. The molecule has 4 rings (SSSR count). The highest BCUT2D eigenvalue weighted by atomic mass is 19.4. The lowest BCUT2D eigenvalue weighted by molar-refractivity contribution is -0.141. The lowest BCUT2D eigenvalue weighted by Gasteiger charge is -2.32. The van der Waals surface area contributed by atoms with Crippen molar-refractivity contribution in [2.75, 3.05) is 18.4 Å². The summed E-state index contributed by atoms with van der Waals surface area (Å²) in [5.74, 6) is 0.736. The van der Waals surface area contributed by atoms with Gasteiger partial charge in [0, 0.05) is 42.5 Å². The Morgan fingerprint density at radius 1 is 1.20 bits per heavy atom. The Morgan fingerprint density at radius 3 is 2.73 bits per heavy atom. The second-order valence-corrected chi connectivity index (χ2v) is 7.26. The Morgan fingerprint density at radius 2 is 2.03 bits per heavy atom. The van der Waals surface area contributed by atoms with Gasteiger partial charge in [0.05, 0.1) is 0 Å². The van der Waals surface area contributed by atoms with Gasteiger partial charge in [0.1, 0.15) is 11.5 Å². The molecule has 3 aromatic rings. The van der Waals surface area contributed by atoms with Crippen molar-refractivity contribution in [3.63, 3.8) is 0 Å². The highest BCUT2D eigenvalue weighted by Crippen LogP contribution is 2.30. The van der Waals surface area contributed by atoms with Gasteiger partial charge in [-0.1, -0.05) is 6.07 Å². The average molecular weight is 419 g/mol. The zero-order valence-electron chi connectivity index (χ0n) is 16.1. The van der Waals surface area contributed by atoms with Crippen LogP contribution in [0.25, 0.3) is 0 Å². The molecule has 11 heteroatoms. The van der Waals surface area contributed by atoms with Gasteiger partial charge in [-0.3, -0.25) is 15.0 Å². The molecule has 0 bridgehead atoms. The molecule has 1 amide bonds. The van der Waals surface area contributed by atoms with Gasteiger partial charge < -0.3 is 10.2 Å². The molecule has 1 aliphatic rings. The zero-order valence-corrected chi connectivity index (χ0v) is 16.1. The number of hydrogen-bond donors (Lipinski definition) is 3. The fourth-order valence-corrected chi connectivity index (χ4v) is 3.50. The van der Waals surface area contributed by atoms with Gasteiger partial charge in [-0.15, -0.1) is 0 Å². The van der Waals surface area contributed by atoms with E-state index in [4.69, 9.17) is 0 Å². The maximum Gasteiger partial charge on any atom is 0.432 e. The van der Waals surface area contributed by atoms with E-state index in [1.54, 1.807) is 0 Å². The predicted molar refractivity (Wildman–Crippen MR) is 102 cm³/mol. The number of aryl methyl sites for hydroxylation is 1. The first-order valence-corrected chi connectivity index (χ1v) is 9.47. The van der Waals surface area contributed by atoms with Gasteiger partial charge in [-0.05, 0) is 31.9 Å². The lowest BCUT2D eigenvalue weighted by atomic mass is 9.94. The molecular formula is C19H20F3N7O. The predicted octanol–water partition coefficient (Wildman–Crippen LogP) is 3.62. The number of hydrogen-bond acceptors (Lipinski definition) is 5. The summed E-state index contributed by atoms with van der Waals surface area (Å²) in [6, 6.07) is 8.18. The Bertz CT molecular complexity index is 1040. The van der Waals surface area contributed by atoms with E-state index in [0.29, 0.717) is 24.7 Å². The van der Waals surface area contributed by atoms with Gasteiger partial charge in [0.15, 0.2) is 11.5 Å². The Hall–Kier alpha value is -3.37. The van der Waals surface area contributed by atoms with Gasteiger partial charge in [0.25, 0.3) is 5.91 Å². The number of amides is 1. The molecule has 1 aliphatic heterocycles. The van der Waals surface area contributed by atoms with Crippen molar-refractivity contribution in [1.82, 2.24) is 30.3 Å². The largest absolute Gasteiger partial charge is 0.432 e. The molecule has 0 spiro atoms. The third-order valence-corrected chi connectivity index (χ3v) is 4.96. The fourth-order valence-electron chi connectivity index (χ4n) is 3.50. The quantitative estimate of drug-likeness (QED) is 0.600. The van der Waals surface area contributed by atoms with Crippen molar-refractivity contribution in [3.05, 3.63) is 53.1 Å². The number of aromatic nitrogens is 5. The average Bonchev–Trinajstić information content (AvgIpc) is 3.37. The maximum absolute atomic E-state index is 12.8. The van der Waals surface area contributed by atoms with Crippen LogP contribution in [-0.4, -0.2) is 49.3 Å². The van der Waals surface area contributed by atoms with Gasteiger partial charge in [-0.25, -0.2) is 4.98 Å². The summed E-state index contributed by atoms with van der Waals surface area (Å²) < 4.78 is 38.3. The number of aromatic amines is 2. The summed E-state index contributed by atoms with van der Waals surface area (Å²) in [5.41, 5.74) is 0.457. The summed E-state index contributed by atoms with van der Waals surface area (Å²) in [5, 5.41) is 15.5. The number of piperidine rings is 1. The number of anilines is 2. The second-order valence-electron chi connectivity index (χ2n) is 7.26.